The minimum absolute atomic E-state index is 0.141. The molecule has 1 atom stereocenters. The number of carbonyl (C=O) groups excluding carboxylic acids is 2. The third-order valence-corrected chi connectivity index (χ3v) is 7.29. The van der Waals surface area contributed by atoms with E-state index in [0.717, 1.165) is 46.4 Å². The van der Waals surface area contributed by atoms with Crippen molar-refractivity contribution in [3.63, 3.8) is 0 Å². The molecule has 1 heterocycles. The number of amides is 1. The lowest BCUT2D eigenvalue weighted by Gasteiger charge is -2.15. The number of rotatable bonds is 9. The number of anilines is 1. The normalized spacial score (nSPS) is 14.2. The van der Waals surface area contributed by atoms with Gasteiger partial charge in [-0.1, -0.05) is 65.8 Å². The Labute approximate surface area is 233 Å². The van der Waals surface area contributed by atoms with E-state index >= 15 is 0 Å². The van der Waals surface area contributed by atoms with Gasteiger partial charge >= 0.3 is 12.1 Å². The second kappa shape index (κ2) is 11.3. The van der Waals surface area contributed by atoms with E-state index in [-0.39, 0.29) is 5.97 Å². The summed E-state index contributed by atoms with van der Waals surface area (Å²) in [5.41, 5.74) is 5.14. The summed E-state index contributed by atoms with van der Waals surface area (Å²) in [7, 11) is 1.60. The molecule has 8 heteroatoms. The smallest absolute Gasteiger partial charge is 0.412 e. The maximum atomic E-state index is 12.7. The summed E-state index contributed by atoms with van der Waals surface area (Å²) in [6.45, 7) is 5.77. The highest BCUT2D eigenvalue weighted by Crippen LogP contribution is 2.49. The zero-order valence-electron chi connectivity index (χ0n) is 23.0. The van der Waals surface area contributed by atoms with Crippen LogP contribution in [0.3, 0.4) is 0 Å². The Kier molecular flexibility index (Phi) is 7.60. The number of benzene rings is 3. The number of aromatic nitrogens is 1. The SMILES string of the molecule is CCOC(=O)C1(c2ccc(-c3ccc(-c4onc(C)c4NC(=O)O[C@H](C)c4ccc(OC)cc4)cc3)cc2)CC1. The number of hydrogen-bond acceptors (Lipinski definition) is 7. The number of nitrogens with one attached hydrogen (secondary N) is 1. The van der Waals surface area contributed by atoms with Gasteiger partial charge in [0.1, 0.15) is 23.2 Å². The molecule has 1 saturated carbocycles. The van der Waals surface area contributed by atoms with Crippen LogP contribution in [0.2, 0.25) is 0 Å². The van der Waals surface area contributed by atoms with Crippen LogP contribution >= 0.6 is 0 Å². The summed E-state index contributed by atoms with van der Waals surface area (Å²) >= 11 is 0. The van der Waals surface area contributed by atoms with Gasteiger partial charge < -0.3 is 18.7 Å². The van der Waals surface area contributed by atoms with Gasteiger partial charge in [-0.3, -0.25) is 10.1 Å². The fourth-order valence-electron chi connectivity index (χ4n) is 4.75. The molecule has 0 spiro atoms. The number of ether oxygens (including phenoxy) is 3. The van der Waals surface area contributed by atoms with E-state index in [4.69, 9.17) is 18.7 Å². The first-order valence-electron chi connectivity index (χ1n) is 13.3. The third kappa shape index (κ3) is 5.43. The number of nitrogens with zero attached hydrogens (tertiary/aromatic N) is 1. The molecule has 8 nitrogen and oxygen atoms in total. The molecule has 1 N–H and O–H groups in total. The summed E-state index contributed by atoms with van der Waals surface area (Å²) in [6.07, 6.45) is 0.567. The summed E-state index contributed by atoms with van der Waals surface area (Å²) in [6, 6.07) is 23.2. The molecule has 0 saturated heterocycles. The van der Waals surface area contributed by atoms with Crippen molar-refractivity contribution in [3.05, 3.63) is 89.6 Å². The largest absolute Gasteiger partial charge is 0.497 e. The van der Waals surface area contributed by atoms with Crippen LogP contribution in [-0.2, 0) is 19.7 Å². The zero-order valence-corrected chi connectivity index (χ0v) is 23.0. The van der Waals surface area contributed by atoms with Crippen LogP contribution in [0.25, 0.3) is 22.5 Å². The van der Waals surface area contributed by atoms with Gasteiger partial charge in [-0.2, -0.15) is 0 Å². The Balaban J connectivity index is 1.27. The van der Waals surface area contributed by atoms with E-state index in [1.54, 1.807) is 21.0 Å². The molecule has 3 aromatic carbocycles. The molecule has 206 valence electrons. The van der Waals surface area contributed by atoms with E-state index in [9.17, 15) is 9.59 Å². The van der Waals surface area contributed by atoms with Crippen LogP contribution in [0.4, 0.5) is 10.5 Å². The molecule has 1 aliphatic rings. The van der Waals surface area contributed by atoms with Crippen molar-refractivity contribution in [2.75, 3.05) is 19.0 Å². The molecule has 5 rings (SSSR count). The average Bonchev–Trinajstić information content (AvgIpc) is 3.72. The molecule has 1 aromatic heterocycles. The van der Waals surface area contributed by atoms with Gasteiger partial charge in [0, 0.05) is 5.56 Å². The van der Waals surface area contributed by atoms with Crippen LogP contribution < -0.4 is 10.1 Å². The predicted molar refractivity (Wildman–Crippen MR) is 151 cm³/mol. The first kappa shape index (κ1) is 27.0. The number of carbonyl (C=O) groups is 2. The van der Waals surface area contributed by atoms with Crippen LogP contribution in [-0.4, -0.2) is 30.9 Å². The summed E-state index contributed by atoms with van der Waals surface area (Å²) in [5.74, 6) is 1.03. The van der Waals surface area contributed by atoms with Crippen molar-refractivity contribution < 1.29 is 28.3 Å². The molecule has 0 bridgehead atoms. The van der Waals surface area contributed by atoms with Crippen molar-refractivity contribution in [1.82, 2.24) is 5.16 Å². The molecule has 1 aliphatic carbocycles. The summed E-state index contributed by atoms with van der Waals surface area (Å²) < 4.78 is 21.6. The Morgan fingerprint density at radius 1 is 0.950 bits per heavy atom. The van der Waals surface area contributed by atoms with E-state index in [1.807, 2.05) is 79.7 Å². The highest BCUT2D eigenvalue weighted by molar-refractivity contribution is 5.91. The van der Waals surface area contributed by atoms with Crippen molar-refractivity contribution >= 4 is 17.7 Å². The van der Waals surface area contributed by atoms with Gasteiger partial charge in [-0.05, 0) is 68.0 Å². The Hall–Kier alpha value is -4.59. The van der Waals surface area contributed by atoms with Crippen LogP contribution in [0.1, 0.15) is 49.6 Å². The van der Waals surface area contributed by atoms with Crippen LogP contribution in [0.5, 0.6) is 5.75 Å². The molecule has 1 fully saturated rings. The topological polar surface area (TPSA) is 99.9 Å². The van der Waals surface area contributed by atoms with E-state index < -0.39 is 17.6 Å². The fraction of sp³-hybridized carbons (Fsp3) is 0.281. The van der Waals surface area contributed by atoms with E-state index in [1.165, 1.54) is 0 Å². The van der Waals surface area contributed by atoms with E-state index in [0.29, 0.717) is 23.7 Å². The van der Waals surface area contributed by atoms with Crippen molar-refractivity contribution in [1.29, 1.82) is 0 Å². The quantitative estimate of drug-likeness (QED) is 0.224. The lowest BCUT2D eigenvalue weighted by molar-refractivity contribution is -0.146. The molecule has 4 aromatic rings. The minimum Gasteiger partial charge on any atom is -0.497 e. The second-order valence-corrected chi connectivity index (χ2v) is 9.88. The molecule has 0 aliphatic heterocycles. The summed E-state index contributed by atoms with van der Waals surface area (Å²) in [4.78, 5) is 25.1. The maximum Gasteiger partial charge on any atom is 0.412 e. The number of aryl methyl sites for hydroxylation is 1. The van der Waals surface area contributed by atoms with Gasteiger partial charge in [0.25, 0.3) is 0 Å². The van der Waals surface area contributed by atoms with Gasteiger partial charge in [-0.15, -0.1) is 0 Å². The van der Waals surface area contributed by atoms with Crippen molar-refractivity contribution in [2.45, 2.75) is 45.1 Å². The number of esters is 1. The van der Waals surface area contributed by atoms with Crippen molar-refractivity contribution in [2.24, 2.45) is 0 Å². The molecular formula is C32H32N2O6. The molecule has 0 unspecified atom stereocenters. The van der Waals surface area contributed by atoms with Gasteiger partial charge in [0.15, 0.2) is 5.76 Å². The van der Waals surface area contributed by atoms with Crippen LogP contribution in [0, 0.1) is 6.92 Å². The van der Waals surface area contributed by atoms with E-state index in [2.05, 4.69) is 10.5 Å². The van der Waals surface area contributed by atoms with Gasteiger partial charge in [-0.25, -0.2) is 4.79 Å². The van der Waals surface area contributed by atoms with Gasteiger partial charge in [0.2, 0.25) is 0 Å². The zero-order chi connectivity index (χ0) is 28.3. The first-order valence-corrected chi connectivity index (χ1v) is 13.3. The predicted octanol–water partition coefficient (Wildman–Crippen LogP) is 7.23. The average molecular weight is 541 g/mol. The second-order valence-electron chi connectivity index (χ2n) is 9.88. The summed E-state index contributed by atoms with van der Waals surface area (Å²) in [5, 5.41) is 6.84. The number of methoxy groups -OCH3 is 1. The maximum absolute atomic E-state index is 12.7. The van der Waals surface area contributed by atoms with Crippen molar-refractivity contribution in [3.8, 4) is 28.2 Å². The molecule has 40 heavy (non-hydrogen) atoms. The Morgan fingerprint density at radius 3 is 2.12 bits per heavy atom. The Morgan fingerprint density at radius 2 is 1.55 bits per heavy atom. The minimum atomic E-state index is -0.608. The molecule has 1 amide bonds. The lowest BCUT2D eigenvalue weighted by Crippen LogP contribution is -2.23. The first-order chi connectivity index (χ1) is 19.3. The monoisotopic (exact) mass is 540 g/mol. The lowest BCUT2D eigenvalue weighted by atomic mass is 9.93. The standard InChI is InChI=1S/C32H32N2O6/c1-5-38-30(35)32(18-19-32)26-14-10-24(11-15-26)23-6-8-25(9-7-23)29-28(20(2)34-40-29)33-31(36)39-21(3)22-12-16-27(37-4)17-13-22/h6-17,21H,5,18-19H2,1-4H3,(H,33,36)/t21-/m1/s1. The fourth-order valence-corrected chi connectivity index (χ4v) is 4.75. The molecular weight excluding hydrogens is 508 g/mol. The molecule has 0 radical (unpaired) electrons. The highest BCUT2D eigenvalue weighted by Gasteiger charge is 2.52. The van der Waals surface area contributed by atoms with Crippen LogP contribution in [0.15, 0.2) is 77.3 Å². The van der Waals surface area contributed by atoms with Gasteiger partial charge in [0.05, 0.1) is 19.1 Å². The third-order valence-electron chi connectivity index (χ3n) is 7.29. The Bertz CT molecular complexity index is 1490. The number of hydrogen-bond donors (Lipinski definition) is 1. The highest BCUT2D eigenvalue weighted by atomic mass is 16.6.